The summed E-state index contributed by atoms with van der Waals surface area (Å²) in [4.78, 5) is 10.7. The first-order valence-corrected chi connectivity index (χ1v) is 8.81. The van der Waals surface area contributed by atoms with E-state index in [4.69, 9.17) is 23.2 Å². The summed E-state index contributed by atoms with van der Waals surface area (Å²) in [5, 5.41) is 14.1. The predicted molar refractivity (Wildman–Crippen MR) is 98.1 cm³/mol. The Morgan fingerprint density at radius 3 is 2.79 bits per heavy atom. The standard InChI is InChI=1S/C17H20Cl2N4O/c18-14-4-1-5-15(19)13(14)6-7-20-16-9-17(22-11-21-16)23-8-2-3-12(23)10-24/h1,4-5,9,11-12,24H,2-3,6-8,10H2,(H,20,21,22). The van der Waals surface area contributed by atoms with Gasteiger partial charge in [0.05, 0.1) is 12.6 Å². The summed E-state index contributed by atoms with van der Waals surface area (Å²) < 4.78 is 0. The molecule has 128 valence electrons. The molecule has 24 heavy (non-hydrogen) atoms. The Kier molecular flexibility index (Phi) is 5.76. The third kappa shape index (κ3) is 3.91. The monoisotopic (exact) mass is 366 g/mol. The van der Waals surface area contributed by atoms with Crippen molar-refractivity contribution in [1.29, 1.82) is 0 Å². The molecule has 0 amide bonds. The van der Waals surface area contributed by atoms with Gasteiger partial charge in [-0.15, -0.1) is 0 Å². The molecule has 1 fully saturated rings. The smallest absolute Gasteiger partial charge is 0.134 e. The van der Waals surface area contributed by atoms with Gasteiger partial charge in [-0.1, -0.05) is 29.3 Å². The van der Waals surface area contributed by atoms with Crippen LogP contribution in [-0.2, 0) is 6.42 Å². The number of aliphatic hydroxyl groups excluding tert-OH is 1. The van der Waals surface area contributed by atoms with Crippen molar-refractivity contribution in [1.82, 2.24) is 9.97 Å². The van der Waals surface area contributed by atoms with Crippen LogP contribution in [0.2, 0.25) is 10.0 Å². The van der Waals surface area contributed by atoms with E-state index >= 15 is 0 Å². The molecule has 7 heteroatoms. The van der Waals surface area contributed by atoms with E-state index in [1.54, 1.807) is 6.33 Å². The van der Waals surface area contributed by atoms with Crippen LogP contribution < -0.4 is 10.2 Å². The van der Waals surface area contributed by atoms with Gasteiger partial charge in [0.1, 0.15) is 18.0 Å². The number of nitrogens with one attached hydrogen (secondary N) is 1. The molecule has 3 rings (SSSR count). The van der Waals surface area contributed by atoms with Crippen molar-refractivity contribution in [3.8, 4) is 0 Å². The van der Waals surface area contributed by atoms with Crippen molar-refractivity contribution in [3.05, 3.63) is 46.2 Å². The van der Waals surface area contributed by atoms with Gasteiger partial charge in [-0.3, -0.25) is 0 Å². The van der Waals surface area contributed by atoms with E-state index in [9.17, 15) is 5.11 Å². The van der Waals surface area contributed by atoms with Crippen molar-refractivity contribution < 1.29 is 5.11 Å². The Hall–Kier alpha value is -1.56. The van der Waals surface area contributed by atoms with Gasteiger partial charge in [-0.2, -0.15) is 0 Å². The van der Waals surface area contributed by atoms with E-state index in [0.29, 0.717) is 23.0 Å². The summed E-state index contributed by atoms with van der Waals surface area (Å²) in [7, 11) is 0. The Labute approximate surface area is 151 Å². The number of nitrogens with zero attached hydrogens (tertiary/aromatic N) is 3. The van der Waals surface area contributed by atoms with Gasteiger partial charge in [-0.05, 0) is 37.0 Å². The fourth-order valence-electron chi connectivity index (χ4n) is 3.01. The van der Waals surface area contributed by atoms with Crippen molar-refractivity contribution in [2.24, 2.45) is 0 Å². The van der Waals surface area contributed by atoms with Crippen LogP contribution in [0.5, 0.6) is 0 Å². The van der Waals surface area contributed by atoms with Crippen LogP contribution in [-0.4, -0.2) is 40.8 Å². The molecule has 1 aliphatic heterocycles. The van der Waals surface area contributed by atoms with Crippen molar-refractivity contribution in [2.45, 2.75) is 25.3 Å². The molecular formula is C17H20Cl2N4O. The Bertz CT molecular complexity index is 678. The number of hydrogen-bond donors (Lipinski definition) is 2. The normalized spacial score (nSPS) is 17.3. The Morgan fingerprint density at radius 2 is 2.04 bits per heavy atom. The van der Waals surface area contributed by atoms with Crippen molar-refractivity contribution >= 4 is 34.8 Å². The summed E-state index contributed by atoms with van der Waals surface area (Å²) in [6.07, 6.45) is 4.32. The zero-order valence-corrected chi connectivity index (χ0v) is 14.8. The molecule has 1 aliphatic rings. The molecule has 1 atom stereocenters. The van der Waals surface area contributed by atoms with Crippen LogP contribution in [0.4, 0.5) is 11.6 Å². The molecule has 2 N–H and O–H groups in total. The first-order valence-electron chi connectivity index (χ1n) is 8.05. The third-order valence-electron chi connectivity index (χ3n) is 4.28. The van der Waals surface area contributed by atoms with Crippen LogP contribution in [0.3, 0.4) is 0 Å². The number of aromatic nitrogens is 2. The zero-order valence-electron chi connectivity index (χ0n) is 13.3. The second kappa shape index (κ2) is 8.01. The Balaban J connectivity index is 1.63. The topological polar surface area (TPSA) is 61.3 Å². The SMILES string of the molecule is OCC1CCCN1c1cc(NCCc2c(Cl)cccc2Cl)ncn1. The number of rotatable bonds is 6. The molecule has 1 aromatic heterocycles. The van der Waals surface area contributed by atoms with Crippen LogP contribution >= 0.6 is 23.2 Å². The molecule has 0 bridgehead atoms. The highest BCUT2D eigenvalue weighted by atomic mass is 35.5. The molecular weight excluding hydrogens is 347 g/mol. The lowest BCUT2D eigenvalue weighted by atomic mass is 10.1. The van der Waals surface area contributed by atoms with E-state index in [1.807, 2.05) is 24.3 Å². The maximum atomic E-state index is 9.46. The minimum absolute atomic E-state index is 0.148. The van der Waals surface area contributed by atoms with Gasteiger partial charge in [-0.25, -0.2) is 9.97 Å². The average molecular weight is 367 g/mol. The molecule has 2 aromatic rings. The van der Waals surface area contributed by atoms with Gasteiger partial charge in [0, 0.05) is 29.2 Å². The fraction of sp³-hybridized carbons (Fsp3) is 0.412. The minimum atomic E-state index is 0.148. The molecule has 5 nitrogen and oxygen atoms in total. The van der Waals surface area contributed by atoms with Crippen LogP contribution in [0.15, 0.2) is 30.6 Å². The number of hydrogen-bond acceptors (Lipinski definition) is 5. The average Bonchev–Trinajstić information content (AvgIpc) is 3.06. The molecule has 1 aromatic carbocycles. The highest BCUT2D eigenvalue weighted by Gasteiger charge is 2.25. The lowest BCUT2D eigenvalue weighted by Crippen LogP contribution is -2.32. The molecule has 0 spiro atoms. The molecule has 0 aliphatic carbocycles. The van der Waals surface area contributed by atoms with E-state index in [1.165, 1.54) is 0 Å². The number of benzene rings is 1. The van der Waals surface area contributed by atoms with E-state index in [0.717, 1.165) is 36.6 Å². The maximum Gasteiger partial charge on any atom is 0.134 e. The van der Waals surface area contributed by atoms with E-state index in [-0.39, 0.29) is 12.6 Å². The van der Waals surface area contributed by atoms with Gasteiger partial charge in [0.15, 0.2) is 0 Å². The molecule has 1 unspecified atom stereocenters. The zero-order chi connectivity index (χ0) is 16.9. The van der Waals surface area contributed by atoms with Crippen molar-refractivity contribution in [3.63, 3.8) is 0 Å². The van der Waals surface area contributed by atoms with Gasteiger partial charge < -0.3 is 15.3 Å². The quantitative estimate of drug-likeness (QED) is 0.820. The number of aliphatic hydroxyl groups is 1. The van der Waals surface area contributed by atoms with Crippen LogP contribution in [0.1, 0.15) is 18.4 Å². The predicted octanol–water partition coefficient (Wildman–Crippen LogP) is 3.40. The summed E-state index contributed by atoms with van der Waals surface area (Å²) in [5.74, 6) is 1.60. The van der Waals surface area contributed by atoms with Gasteiger partial charge in [0.2, 0.25) is 0 Å². The van der Waals surface area contributed by atoms with E-state index < -0.39 is 0 Å². The first kappa shape index (κ1) is 17.3. The van der Waals surface area contributed by atoms with Gasteiger partial charge >= 0.3 is 0 Å². The van der Waals surface area contributed by atoms with Crippen LogP contribution in [0.25, 0.3) is 0 Å². The number of anilines is 2. The summed E-state index contributed by atoms with van der Waals surface area (Å²) in [6, 6.07) is 7.59. The Morgan fingerprint density at radius 1 is 1.25 bits per heavy atom. The van der Waals surface area contributed by atoms with E-state index in [2.05, 4.69) is 20.2 Å². The summed E-state index contributed by atoms with van der Waals surface area (Å²) in [5.41, 5.74) is 0.933. The minimum Gasteiger partial charge on any atom is -0.394 e. The maximum absolute atomic E-state index is 9.46. The highest BCUT2D eigenvalue weighted by molar-refractivity contribution is 6.35. The molecule has 2 heterocycles. The largest absolute Gasteiger partial charge is 0.394 e. The molecule has 1 saturated heterocycles. The second-order valence-corrected chi connectivity index (χ2v) is 6.62. The first-order chi connectivity index (χ1) is 11.7. The fourth-order valence-corrected chi connectivity index (χ4v) is 3.60. The lowest BCUT2D eigenvalue weighted by molar-refractivity contribution is 0.266. The lowest BCUT2D eigenvalue weighted by Gasteiger charge is -2.24. The summed E-state index contributed by atoms with van der Waals surface area (Å²) >= 11 is 12.4. The van der Waals surface area contributed by atoms with Crippen LogP contribution in [0, 0.1) is 0 Å². The third-order valence-corrected chi connectivity index (χ3v) is 4.99. The molecule has 0 radical (unpaired) electrons. The van der Waals surface area contributed by atoms with Gasteiger partial charge in [0.25, 0.3) is 0 Å². The highest BCUT2D eigenvalue weighted by Crippen LogP contribution is 2.26. The summed E-state index contributed by atoms with van der Waals surface area (Å²) in [6.45, 7) is 1.73. The number of halogens is 2. The molecule has 0 saturated carbocycles. The second-order valence-electron chi connectivity index (χ2n) is 5.81. The van der Waals surface area contributed by atoms with Crippen molar-refractivity contribution in [2.75, 3.05) is 29.9 Å².